The van der Waals surface area contributed by atoms with Gasteiger partial charge in [0.1, 0.15) is 0 Å². The second kappa shape index (κ2) is 7.31. The molecule has 0 radical (unpaired) electrons. The number of aromatic nitrogens is 2. The molecule has 1 atom stereocenters. The Kier molecular flexibility index (Phi) is 4.86. The van der Waals surface area contributed by atoms with E-state index in [2.05, 4.69) is 21.2 Å². The molecule has 0 fully saturated rings. The summed E-state index contributed by atoms with van der Waals surface area (Å²) in [5.41, 5.74) is 2.24. The zero-order valence-electron chi connectivity index (χ0n) is 14.4. The molecule has 1 aliphatic heterocycles. The van der Waals surface area contributed by atoms with Crippen molar-refractivity contribution in [2.24, 2.45) is 0 Å². The normalized spacial score (nSPS) is 17.4. The molecule has 0 aliphatic carbocycles. The minimum atomic E-state index is -4.32. The Bertz CT molecular complexity index is 909. The topological polar surface area (TPSA) is 31.9 Å². The molecule has 0 bridgehead atoms. The fourth-order valence-electron chi connectivity index (χ4n) is 3.32. The zero-order chi connectivity index (χ0) is 18.9. The summed E-state index contributed by atoms with van der Waals surface area (Å²) in [5.74, 6) is 0. The summed E-state index contributed by atoms with van der Waals surface area (Å²) in [4.78, 5) is 3.33. The smallest absolute Gasteiger partial charge is 0.365 e. The maximum atomic E-state index is 13.1. The van der Waals surface area contributed by atoms with Gasteiger partial charge in [-0.15, -0.1) is 11.8 Å². The van der Waals surface area contributed by atoms with Crippen LogP contribution in [0.15, 0.2) is 65.7 Å². The summed E-state index contributed by atoms with van der Waals surface area (Å²) < 4.78 is 39.3. The van der Waals surface area contributed by atoms with Crippen LogP contribution < -0.4 is 4.90 Å². The van der Waals surface area contributed by atoms with Crippen LogP contribution >= 0.6 is 11.8 Å². The Morgan fingerprint density at radius 2 is 1.96 bits per heavy atom. The van der Waals surface area contributed by atoms with Crippen molar-refractivity contribution in [1.29, 1.82) is 0 Å². The highest BCUT2D eigenvalue weighted by Crippen LogP contribution is 2.46. The first-order chi connectivity index (χ1) is 13.0. The van der Waals surface area contributed by atoms with E-state index < -0.39 is 11.7 Å². The summed E-state index contributed by atoms with van der Waals surface area (Å²) >= 11 is 1.63. The highest BCUT2D eigenvalue weighted by molar-refractivity contribution is 7.99. The van der Waals surface area contributed by atoms with Crippen molar-refractivity contribution in [3.05, 3.63) is 77.6 Å². The van der Waals surface area contributed by atoms with Gasteiger partial charge in [0.05, 0.1) is 23.5 Å². The van der Waals surface area contributed by atoms with Crippen molar-refractivity contribution in [3.8, 4) is 0 Å². The van der Waals surface area contributed by atoms with E-state index in [0.717, 1.165) is 35.3 Å². The largest absolute Gasteiger partial charge is 0.416 e. The van der Waals surface area contributed by atoms with E-state index in [0.29, 0.717) is 12.1 Å². The molecule has 140 valence electrons. The molecule has 0 spiro atoms. The fraction of sp³-hybridized carbons (Fsp3) is 0.250. The van der Waals surface area contributed by atoms with Crippen molar-refractivity contribution in [2.75, 3.05) is 11.4 Å². The van der Waals surface area contributed by atoms with Gasteiger partial charge in [0.15, 0.2) is 0 Å². The van der Waals surface area contributed by atoms with Gasteiger partial charge in [-0.3, -0.25) is 5.10 Å². The summed E-state index contributed by atoms with van der Waals surface area (Å²) in [6.45, 7) is 1.44. The van der Waals surface area contributed by atoms with Crippen molar-refractivity contribution in [3.63, 3.8) is 0 Å². The minimum Gasteiger partial charge on any atom is -0.365 e. The number of nitrogens with zero attached hydrogens (tertiary/aromatic N) is 2. The lowest BCUT2D eigenvalue weighted by Crippen LogP contribution is -2.24. The third kappa shape index (κ3) is 3.98. The van der Waals surface area contributed by atoms with E-state index >= 15 is 0 Å². The van der Waals surface area contributed by atoms with Gasteiger partial charge in [0.2, 0.25) is 0 Å². The molecule has 0 amide bonds. The van der Waals surface area contributed by atoms with Gasteiger partial charge >= 0.3 is 6.18 Å². The molecule has 3 nitrogen and oxygen atoms in total. The maximum Gasteiger partial charge on any atom is 0.416 e. The van der Waals surface area contributed by atoms with Crippen LogP contribution in [0.5, 0.6) is 0 Å². The van der Waals surface area contributed by atoms with E-state index in [1.54, 1.807) is 24.0 Å². The van der Waals surface area contributed by atoms with Crippen LogP contribution in [0, 0.1) is 0 Å². The van der Waals surface area contributed by atoms with E-state index in [1.165, 1.54) is 12.1 Å². The van der Waals surface area contributed by atoms with Crippen LogP contribution in [-0.4, -0.2) is 16.7 Å². The quantitative estimate of drug-likeness (QED) is 0.626. The van der Waals surface area contributed by atoms with E-state index in [9.17, 15) is 13.2 Å². The standard InChI is InChI=1S/C20H18F3N3S/c21-20(22,23)15-5-3-4-14(12-15)18-9-11-26(13-16-8-10-24-25-16)17-6-1-2-7-19(17)27-18/h1-8,10,12,18H,9,11,13H2,(H,24,25)/t18-/m1/s1. The number of anilines is 1. The Labute approximate surface area is 159 Å². The lowest BCUT2D eigenvalue weighted by atomic mass is 10.1. The van der Waals surface area contributed by atoms with Gasteiger partial charge in [-0.25, -0.2) is 0 Å². The molecule has 2 heterocycles. The Balaban J connectivity index is 1.64. The third-order valence-electron chi connectivity index (χ3n) is 4.64. The number of benzene rings is 2. The number of nitrogens with one attached hydrogen (secondary N) is 1. The van der Waals surface area contributed by atoms with Crippen LogP contribution in [-0.2, 0) is 12.7 Å². The number of aromatic amines is 1. The molecule has 1 aliphatic rings. The average Bonchev–Trinajstić information content (AvgIpc) is 3.10. The van der Waals surface area contributed by atoms with Crippen molar-refractivity contribution in [1.82, 2.24) is 10.2 Å². The molecule has 0 saturated heterocycles. The average molecular weight is 389 g/mol. The summed E-state index contributed by atoms with van der Waals surface area (Å²) in [6, 6.07) is 15.7. The van der Waals surface area contributed by atoms with Crippen LogP contribution in [0.25, 0.3) is 0 Å². The fourth-order valence-corrected chi connectivity index (χ4v) is 4.60. The first-order valence-electron chi connectivity index (χ1n) is 8.67. The maximum absolute atomic E-state index is 13.1. The van der Waals surface area contributed by atoms with Crippen molar-refractivity contribution in [2.45, 2.75) is 29.3 Å². The zero-order valence-corrected chi connectivity index (χ0v) is 15.2. The van der Waals surface area contributed by atoms with Crippen LogP contribution in [0.3, 0.4) is 0 Å². The summed E-state index contributed by atoms with van der Waals surface area (Å²) in [5, 5.41) is 6.95. The summed E-state index contributed by atoms with van der Waals surface area (Å²) in [7, 11) is 0. The van der Waals surface area contributed by atoms with E-state index in [4.69, 9.17) is 0 Å². The summed E-state index contributed by atoms with van der Waals surface area (Å²) in [6.07, 6.45) is -1.84. The van der Waals surface area contributed by atoms with Gasteiger partial charge < -0.3 is 4.90 Å². The molecule has 0 saturated carbocycles. The molecule has 7 heteroatoms. The van der Waals surface area contributed by atoms with Crippen LogP contribution in [0.4, 0.5) is 18.9 Å². The predicted octanol–water partition coefficient (Wildman–Crippen LogP) is 5.67. The molecule has 1 N–H and O–H groups in total. The SMILES string of the molecule is FC(F)(F)c1cccc([C@H]2CCN(Cc3ccn[nH]3)c3ccccc3S2)c1. The number of halogens is 3. The first-order valence-corrected chi connectivity index (χ1v) is 9.55. The number of alkyl halides is 3. The number of fused-ring (bicyclic) bond motifs is 1. The van der Waals surface area contributed by atoms with Gasteiger partial charge in [-0.2, -0.15) is 18.3 Å². The number of H-pyrrole nitrogens is 1. The molecule has 4 rings (SSSR count). The molecule has 3 aromatic rings. The Hall–Kier alpha value is -2.41. The van der Waals surface area contributed by atoms with Gasteiger partial charge in [-0.1, -0.05) is 30.3 Å². The number of rotatable bonds is 3. The third-order valence-corrected chi connectivity index (χ3v) is 6.03. The second-order valence-corrected chi connectivity index (χ2v) is 7.73. The molecular formula is C20H18F3N3S. The van der Waals surface area contributed by atoms with Crippen molar-refractivity contribution < 1.29 is 13.2 Å². The number of hydrogen-bond acceptors (Lipinski definition) is 3. The van der Waals surface area contributed by atoms with E-state index in [1.807, 2.05) is 24.3 Å². The first kappa shape index (κ1) is 18.0. The monoisotopic (exact) mass is 389 g/mol. The van der Waals surface area contributed by atoms with E-state index in [-0.39, 0.29) is 5.25 Å². The minimum absolute atomic E-state index is 0.0276. The number of para-hydroxylation sites is 1. The highest BCUT2D eigenvalue weighted by atomic mass is 32.2. The Morgan fingerprint density at radius 3 is 2.74 bits per heavy atom. The molecule has 27 heavy (non-hydrogen) atoms. The van der Waals surface area contributed by atoms with Crippen molar-refractivity contribution >= 4 is 17.4 Å². The highest BCUT2D eigenvalue weighted by Gasteiger charge is 2.31. The van der Waals surface area contributed by atoms with Gasteiger partial charge in [0, 0.05) is 22.9 Å². The lowest BCUT2D eigenvalue weighted by molar-refractivity contribution is -0.137. The van der Waals surface area contributed by atoms with Gasteiger partial charge in [-0.05, 0) is 36.2 Å². The lowest BCUT2D eigenvalue weighted by Gasteiger charge is -2.23. The van der Waals surface area contributed by atoms with Crippen LogP contribution in [0.1, 0.15) is 28.5 Å². The number of hydrogen-bond donors (Lipinski definition) is 1. The predicted molar refractivity (Wildman–Crippen MR) is 101 cm³/mol. The Morgan fingerprint density at radius 1 is 1.11 bits per heavy atom. The molecular weight excluding hydrogens is 371 g/mol. The molecule has 1 aromatic heterocycles. The molecule has 0 unspecified atom stereocenters. The molecule has 2 aromatic carbocycles. The second-order valence-electron chi connectivity index (χ2n) is 6.49. The van der Waals surface area contributed by atoms with Gasteiger partial charge in [0.25, 0.3) is 0 Å². The number of thioether (sulfide) groups is 1. The van der Waals surface area contributed by atoms with Crippen LogP contribution in [0.2, 0.25) is 0 Å².